The van der Waals surface area contributed by atoms with E-state index >= 15 is 0 Å². The van der Waals surface area contributed by atoms with Crippen molar-refractivity contribution in [1.82, 2.24) is 4.98 Å². The van der Waals surface area contributed by atoms with E-state index in [1.807, 2.05) is 30.5 Å². The van der Waals surface area contributed by atoms with Crippen molar-refractivity contribution in [3.63, 3.8) is 0 Å². The van der Waals surface area contributed by atoms with Crippen molar-refractivity contribution >= 4 is 15.7 Å². The quantitative estimate of drug-likeness (QED) is 0.695. The fourth-order valence-corrected chi connectivity index (χ4v) is 4.11. The van der Waals surface area contributed by atoms with E-state index in [-0.39, 0.29) is 10.9 Å². The Labute approximate surface area is 163 Å². The first-order valence-corrected chi connectivity index (χ1v) is 10.3. The summed E-state index contributed by atoms with van der Waals surface area (Å²) in [4.78, 5) is 4.59. The zero-order chi connectivity index (χ0) is 19.7. The molecule has 0 saturated heterocycles. The predicted molar refractivity (Wildman–Crippen MR) is 107 cm³/mol. The Kier molecular flexibility index (Phi) is 4.59. The molecule has 3 N–H and O–H groups in total. The van der Waals surface area contributed by atoms with Crippen LogP contribution in [-0.2, 0) is 10.0 Å². The summed E-state index contributed by atoms with van der Waals surface area (Å²) in [5, 5.41) is 8.84. The van der Waals surface area contributed by atoms with Gasteiger partial charge in [-0.25, -0.2) is 8.42 Å². The number of pyridine rings is 1. The zero-order valence-corrected chi connectivity index (χ0v) is 15.7. The molecule has 28 heavy (non-hydrogen) atoms. The molecule has 0 bridgehead atoms. The first-order chi connectivity index (χ1) is 13.5. The molecule has 6 nitrogen and oxygen atoms in total. The predicted octanol–water partition coefficient (Wildman–Crippen LogP) is 3.24. The van der Waals surface area contributed by atoms with Crippen LogP contribution in [0.3, 0.4) is 0 Å². The molecule has 0 aliphatic heterocycles. The summed E-state index contributed by atoms with van der Waals surface area (Å²) in [5.41, 5.74) is 9.43. The lowest BCUT2D eigenvalue weighted by Gasteiger charge is -2.10. The van der Waals surface area contributed by atoms with Crippen molar-refractivity contribution in [3.05, 3.63) is 78.0 Å². The van der Waals surface area contributed by atoms with Gasteiger partial charge in [-0.15, -0.1) is 0 Å². The number of aromatic nitrogens is 1. The standard InChI is InChI=1S/C21H18N4O2S/c22-12-14-4-7-18(8-5-14)28(26,27)25-17-3-1-2-15(10-17)21-9-6-16(13-24-21)19-11-20(19)23/h1-10,13,19-20,25H,11,23H2/t19-,20+/m0/s1. The van der Waals surface area contributed by atoms with Gasteiger partial charge in [0, 0.05) is 29.4 Å². The highest BCUT2D eigenvalue weighted by Crippen LogP contribution is 2.39. The Balaban J connectivity index is 1.55. The van der Waals surface area contributed by atoms with Crippen LogP contribution in [0.15, 0.2) is 71.8 Å². The lowest BCUT2D eigenvalue weighted by atomic mass is 10.1. The summed E-state index contributed by atoms with van der Waals surface area (Å²) in [6.07, 6.45) is 2.83. The van der Waals surface area contributed by atoms with E-state index in [0.29, 0.717) is 17.2 Å². The van der Waals surface area contributed by atoms with Gasteiger partial charge in [-0.3, -0.25) is 9.71 Å². The van der Waals surface area contributed by atoms with E-state index in [4.69, 9.17) is 11.0 Å². The maximum atomic E-state index is 12.6. The monoisotopic (exact) mass is 390 g/mol. The van der Waals surface area contributed by atoms with Gasteiger partial charge in [0.25, 0.3) is 10.0 Å². The van der Waals surface area contributed by atoms with Gasteiger partial charge in [-0.2, -0.15) is 5.26 Å². The molecule has 140 valence electrons. The summed E-state index contributed by atoms with van der Waals surface area (Å²) < 4.78 is 27.7. The number of hydrogen-bond acceptors (Lipinski definition) is 5. The minimum atomic E-state index is -3.75. The van der Waals surface area contributed by atoms with Crippen LogP contribution in [0.1, 0.15) is 23.5 Å². The Hall–Kier alpha value is -3.21. The first kappa shape index (κ1) is 18.2. The number of anilines is 1. The van der Waals surface area contributed by atoms with Crippen LogP contribution in [0.5, 0.6) is 0 Å². The van der Waals surface area contributed by atoms with Crippen LogP contribution in [-0.4, -0.2) is 19.4 Å². The molecule has 3 aromatic rings. The van der Waals surface area contributed by atoms with Crippen LogP contribution in [0.2, 0.25) is 0 Å². The third-order valence-corrected chi connectivity index (χ3v) is 6.16. The Morgan fingerprint density at radius 1 is 1.11 bits per heavy atom. The lowest BCUT2D eigenvalue weighted by molar-refractivity contribution is 0.601. The molecule has 1 aliphatic rings. The van der Waals surface area contributed by atoms with Crippen LogP contribution in [0, 0.1) is 11.3 Å². The summed E-state index contributed by atoms with van der Waals surface area (Å²) in [7, 11) is -3.75. The second kappa shape index (κ2) is 7.08. The van der Waals surface area contributed by atoms with E-state index in [1.165, 1.54) is 24.3 Å². The number of rotatable bonds is 5. The number of nitriles is 1. The number of nitrogens with zero attached hydrogens (tertiary/aromatic N) is 2. The molecule has 1 aliphatic carbocycles. The van der Waals surface area contributed by atoms with E-state index in [2.05, 4.69) is 9.71 Å². The molecule has 1 saturated carbocycles. The molecule has 1 heterocycles. The van der Waals surface area contributed by atoms with Gasteiger partial charge >= 0.3 is 0 Å². The van der Waals surface area contributed by atoms with E-state index in [9.17, 15) is 8.42 Å². The van der Waals surface area contributed by atoms with Crippen LogP contribution in [0.25, 0.3) is 11.3 Å². The second-order valence-corrected chi connectivity index (χ2v) is 8.49. The average molecular weight is 390 g/mol. The van der Waals surface area contributed by atoms with E-state index in [0.717, 1.165) is 23.2 Å². The minimum absolute atomic E-state index is 0.0974. The van der Waals surface area contributed by atoms with Gasteiger partial charge in [0.2, 0.25) is 0 Å². The first-order valence-electron chi connectivity index (χ1n) is 8.81. The van der Waals surface area contributed by atoms with Crippen molar-refractivity contribution in [2.45, 2.75) is 23.3 Å². The number of nitrogens with one attached hydrogen (secondary N) is 1. The highest BCUT2D eigenvalue weighted by atomic mass is 32.2. The highest BCUT2D eigenvalue weighted by Gasteiger charge is 2.34. The topological polar surface area (TPSA) is 109 Å². The molecule has 1 fully saturated rings. The normalized spacial score (nSPS) is 18.3. The molecule has 2 atom stereocenters. The molecular weight excluding hydrogens is 372 g/mol. The molecule has 0 amide bonds. The van der Waals surface area contributed by atoms with Gasteiger partial charge in [0.15, 0.2) is 0 Å². The zero-order valence-electron chi connectivity index (χ0n) is 14.9. The lowest BCUT2D eigenvalue weighted by Crippen LogP contribution is -2.12. The number of benzene rings is 2. The third kappa shape index (κ3) is 3.74. The molecule has 4 rings (SSSR count). The summed E-state index contributed by atoms with van der Waals surface area (Å²) >= 11 is 0. The van der Waals surface area contributed by atoms with Crippen molar-refractivity contribution in [2.75, 3.05) is 4.72 Å². The van der Waals surface area contributed by atoms with Crippen molar-refractivity contribution in [1.29, 1.82) is 5.26 Å². The second-order valence-electron chi connectivity index (χ2n) is 6.81. The van der Waals surface area contributed by atoms with Gasteiger partial charge in [0.05, 0.1) is 22.2 Å². The fourth-order valence-electron chi connectivity index (χ4n) is 3.06. The molecule has 0 radical (unpaired) electrons. The SMILES string of the molecule is N#Cc1ccc(S(=O)(=O)Nc2cccc(-c3ccc([C@@H]4C[C@H]4N)cn3)c2)cc1. The van der Waals surface area contributed by atoms with Crippen molar-refractivity contribution < 1.29 is 8.42 Å². The summed E-state index contributed by atoms with van der Waals surface area (Å²) in [5.74, 6) is 0.395. The number of sulfonamides is 1. The molecular formula is C21H18N4O2S. The highest BCUT2D eigenvalue weighted by molar-refractivity contribution is 7.92. The smallest absolute Gasteiger partial charge is 0.261 e. The van der Waals surface area contributed by atoms with Crippen LogP contribution >= 0.6 is 0 Å². The van der Waals surface area contributed by atoms with E-state index in [1.54, 1.807) is 18.2 Å². The molecule has 1 aromatic heterocycles. The van der Waals surface area contributed by atoms with Gasteiger partial charge in [0.1, 0.15) is 0 Å². The molecule has 0 spiro atoms. The summed E-state index contributed by atoms with van der Waals surface area (Å²) in [6.45, 7) is 0. The maximum absolute atomic E-state index is 12.6. The minimum Gasteiger partial charge on any atom is -0.327 e. The van der Waals surface area contributed by atoms with Gasteiger partial charge in [-0.05, 0) is 54.4 Å². The Morgan fingerprint density at radius 2 is 1.86 bits per heavy atom. The Bertz CT molecular complexity index is 1150. The van der Waals surface area contributed by atoms with Crippen LogP contribution < -0.4 is 10.5 Å². The van der Waals surface area contributed by atoms with Crippen LogP contribution in [0.4, 0.5) is 5.69 Å². The van der Waals surface area contributed by atoms with Gasteiger partial charge in [-0.1, -0.05) is 18.2 Å². The molecule has 7 heteroatoms. The largest absolute Gasteiger partial charge is 0.327 e. The molecule has 0 unspecified atom stereocenters. The van der Waals surface area contributed by atoms with Crippen molar-refractivity contribution in [2.24, 2.45) is 5.73 Å². The maximum Gasteiger partial charge on any atom is 0.261 e. The molecule has 2 aromatic carbocycles. The van der Waals surface area contributed by atoms with Crippen molar-refractivity contribution in [3.8, 4) is 17.3 Å². The Morgan fingerprint density at radius 3 is 2.46 bits per heavy atom. The average Bonchev–Trinajstić information content (AvgIpc) is 3.44. The number of hydrogen-bond donors (Lipinski definition) is 2. The van der Waals surface area contributed by atoms with E-state index < -0.39 is 10.0 Å². The summed E-state index contributed by atoms with van der Waals surface area (Å²) in [6, 6.07) is 19.0. The number of nitrogens with two attached hydrogens (primary N) is 1. The van der Waals surface area contributed by atoms with Gasteiger partial charge < -0.3 is 5.73 Å². The third-order valence-electron chi connectivity index (χ3n) is 4.76. The fraction of sp³-hybridized carbons (Fsp3) is 0.143.